The monoisotopic (exact) mass is 536 g/mol. The van der Waals surface area contributed by atoms with Crippen molar-refractivity contribution in [3.05, 3.63) is 53.1 Å². The van der Waals surface area contributed by atoms with Crippen LogP contribution in [0.25, 0.3) is 10.2 Å². The zero-order valence-corrected chi connectivity index (χ0v) is 23.1. The number of hydrogen-bond acceptors (Lipinski definition) is 6. The smallest absolute Gasteiger partial charge is 0.260 e. The average molecular weight is 537 g/mol. The Kier molecular flexibility index (Phi) is 8.93. The van der Waals surface area contributed by atoms with Gasteiger partial charge in [0.05, 0.1) is 15.1 Å². The molecule has 35 heavy (non-hydrogen) atoms. The van der Waals surface area contributed by atoms with E-state index < -0.39 is 10.0 Å². The van der Waals surface area contributed by atoms with Gasteiger partial charge in [-0.05, 0) is 95.2 Å². The van der Waals surface area contributed by atoms with Gasteiger partial charge in [0.15, 0.2) is 5.13 Å². The molecule has 7 nitrogen and oxygen atoms in total. The number of aryl methyl sites for hydroxylation is 2. The van der Waals surface area contributed by atoms with Gasteiger partial charge in [-0.1, -0.05) is 17.4 Å². The Balaban J connectivity index is 0.00000342. The summed E-state index contributed by atoms with van der Waals surface area (Å²) in [5, 5.41) is 0.668. The van der Waals surface area contributed by atoms with Crippen LogP contribution in [0, 0.1) is 13.8 Å². The first-order valence-electron chi connectivity index (χ1n) is 11.6. The molecule has 1 amide bonds. The first kappa shape index (κ1) is 27.5. The number of benzene rings is 2. The third-order valence-electron chi connectivity index (χ3n) is 6.09. The number of hydrogen-bond donors (Lipinski definition) is 0. The number of aromatic nitrogens is 1. The molecule has 0 saturated carbocycles. The molecule has 0 unspecified atom stereocenters. The number of rotatable bonds is 8. The first-order valence-corrected chi connectivity index (χ1v) is 13.9. The molecule has 1 aliphatic rings. The lowest BCUT2D eigenvalue weighted by atomic mass is 10.1. The van der Waals surface area contributed by atoms with Gasteiger partial charge in [-0.15, -0.1) is 12.4 Å². The molecule has 1 fully saturated rings. The quantitative estimate of drug-likeness (QED) is 0.416. The largest absolute Gasteiger partial charge is 0.309 e. The van der Waals surface area contributed by atoms with E-state index in [0.717, 1.165) is 41.6 Å². The van der Waals surface area contributed by atoms with Crippen molar-refractivity contribution >= 4 is 55.0 Å². The summed E-state index contributed by atoms with van der Waals surface area (Å²) in [7, 11) is 0.508. The highest BCUT2D eigenvalue weighted by atomic mass is 35.5. The summed E-state index contributed by atoms with van der Waals surface area (Å²) in [4.78, 5) is 22.5. The van der Waals surface area contributed by atoms with Gasteiger partial charge in [-0.3, -0.25) is 9.69 Å². The van der Waals surface area contributed by atoms with Crippen molar-refractivity contribution in [2.24, 2.45) is 0 Å². The number of carbonyl (C=O) groups excluding carboxylic acids is 1. The Labute approximate surface area is 218 Å². The number of anilines is 1. The third-order valence-corrected chi connectivity index (χ3v) is 9.02. The van der Waals surface area contributed by atoms with Crippen molar-refractivity contribution in [1.29, 1.82) is 0 Å². The highest BCUT2D eigenvalue weighted by molar-refractivity contribution is 7.89. The lowest BCUT2D eigenvalue weighted by Crippen LogP contribution is -2.33. The summed E-state index contributed by atoms with van der Waals surface area (Å²) in [5.74, 6) is -0.169. The minimum Gasteiger partial charge on any atom is -0.309 e. The molecule has 10 heteroatoms. The zero-order valence-electron chi connectivity index (χ0n) is 20.7. The van der Waals surface area contributed by atoms with Gasteiger partial charge in [-0.25, -0.2) is 13.4 Å². The molecule has 0 atom stereocenters. The second kappa shape index (κ2) is 11.3. The predicted octanol–water partition coefficient (Wildman–Crippen LogP) is 4.72. The van der Waals surface area contributed by atoms with Gasteiger partial charge in [0.25, 0.3) is 5.91 Å². The van der Waals surface area contributed by atoms with Crippen LogP contribution in [0.15, 0.2) is 41.3 Å². The van der Waals surface area contributed by atoms with Crippen LogP contribution in [-0.4, -0.2) is 68.8 Å². The highest BCUT2D eigenvalue weighted by Crippen LogP contribution is 2.33. The van der Waals surface area contributed by atoms with Crippen LogP contribution in [0.1, 0.15) is 40.7 Å². The molecule has 0 spiro atoms. The molecule has 2 heterocycles. The average Bonchev–Trinajstić information content (AvgIpc) is 3.47. The van der Waals surface area contributed by atoms with E-state index in [1.807, 2.05) is 21.0 Å². The van der Waals surface area contributed by atoms with Crippen molar-refractivity contribution < 1.29 is 13.2 Å². The Morgan fingerprint density at radius 3 is 2.34 bits per heavy atom. The molecule has 1 aromatic heterocycles. The van der Waals surface area contributed by atoms with E-state index in [9.17, 15) is 13.2 Å². The maximum absolute atomic E-state index is 13.6. The third kappa shape index (κ3) is 6.03. The Bertz CT molecular complexity index is 1280. The van der Waals surface area contributed by atoms with Crippen molar-refractivity contribution in [2.75, 3.05) is 45.2 Å². The number of sulfonamides is 1. The van der Waals surface area contributed by atoms with Gasteiger partial charge in [-0.2, -0.15) is 4.31 Å². The summed E-state index contributed by atoms with van der Waals surface area (Å²) in [6.45, 7) is 6.58. The summed E-state index contributed by atoms with van der Waals surface area (Å²) < 4.78 is 28.3. The molecule has 1 aliphatic heterocycles. The fourth-order valence-electron chi connectivity index (χ4n) is 4.31. The van der Waals surface area contributed by atoms with Crippen molar-refractivity contribution in [3.8, 4) is 0 Å². The molecule has 3 aromatic rings. The topological polar surface area (TPSA) is 73.8 Å². The van der Waals surface area contributed by atoms with Gasteiger partial charge < -0.3 is 4.90 Å². The number of thiazole rings is 1. The van der Waals surface area contributed by atoms with Crippen molar-refractivity contribution in [3.63, 3.8) is 0 Å². The SMILES string of the molecule is Cc1cc(C)c2nc(N(CCCN(C)C)C(=O)c3ccc(S(=O)(=O)N4CCCC4)cc3)sc2c1.Cl. The van der Waals surface area contributed by atoms with Gasteiger partial charge in [0.2, 0.25) is 10.0 Å². The zero-order chi connectivity index (χ0) is 24.5. The van der Waals surface area contributed by atoms with Crippen LogP contribution < -0.4 is 4.90 Å². The number of fused-ring (bicyclic) bond motifs is 1. The molecule has 190 valence electrons. The van der Waals surface area contributed by atoms with E-state index in [2.05, 4.69) is 24.0 Å². The van der Waals surface area contributed by atoms with Crippen molar-refractivity contribution in [2.45, 2.75) is 38.0 Å². The lowest BCUT2D eigenvalue weighted by molar-refractivity contribution is 0.0986. The molecule has 0 radical (unpaired) electrons. The van der Waals surface area contributed by atoms with Crippen LogP contribution >= 0.6 is 23.7 Å². The number of carbonyl (C=O) groups is 1. The van der Waals surface area contributed by atoms with E-state index in [1.54, 1.807) is 29.2 Å². The summed E-state index contributed by atoms with van der Waals surface area (Å²) in [5.41, 5.74) is 3.63. The summed E-state index contributed by atoms with van der Waals surface area (Å²) in [6.07, 6.45) is 2.58. The highest BCUT2D eigenvalue weighted by Gasteiger charge is 2.28. The van der Waals surface area contributed by atoms with E-state index in [-0.39, 0.29) is 23.2 Å². The Hall–Kier alpha value is -2.04. The molecule has 0 N–H and O–H groups in total. The number of nitrogens with zero attached hydrogens (tertiary/aromatic N) is 4. The van der Waals surface area contributed by atoms with Crippen molar-refractivity contribution in [1.82, 2.24) is 14.2 Å². The van der Waals surface area contributed by atoms with Crippen LogP contribution in [0.2, 0.25) is 0 Å². The molecular weight excluding hydrogens is 504 g/mol. The maximum atomic E-state index is 13.6. The molecule has 1 saturated heterocycles. The molecular formula is C25H33ClN4O3S2. The van der Waals surface area contributed by atoms with E-state index in [0.29, 0.717) is 30.3 Å². The fraction of sp³-hybridized carbons (Fsp3) is 0.440. The summed E-state index contributed by atoms with van der Waals surface area (Å²) >= 11 is 1.52. The normalized spacial score (nSPS) is 14.4. The molecule has 2 aromatic carbocycles. The summed E-state index contributed by atoms with van der Waals surface area (Å²) in [6, 6.07) is 10.5. The maximum Gasteiger partial charge on any atom is 0.260 e. The number of halogens is 1. The van der Waals surface area contributed by atoms with Crippen LogP contribution in [0.4, 0.5) is 5.13 Å². The van der Waals surface area contributed by atoms with Crippen LogP contribution in [0.3, 0.4) is 0 Å². The van der Waals surface area contributed by atoms with E-state index >= 15 is 0 Å². The van der Waals surface area contributed by atoms with Crippen LogP contribution in [0.5, 0.6) is 0 Å². The van der Waals surface area contributed by atoms with E-state index in [4.69, 9.17) is 4.98 Å². The van der Waals surface area contributed by atoms with Gasteiger partial charge >= 0.3 is 0 Å². The molecule has 4 rings (SSSR count). The first-order chi connectivity index (χ1) is 16.2. The van der Waals surface area contributed by atoms with Gasteiger partial charge in [0, 0.05) is 25.2 Å². The molecule has 0 aliphatic carbocycles. The molecule has 0 bridgehead atoms. The van der Waals surface area contributed by atoms with E-state index in [1.165, 1.54) is 21.2 Å². The second-order valence-electron chi connectivity index (χ2n) is 9.17. The minimum absolute atomic E-state index is 0. The number of amides is 1. The minimum atomic E-state index is -3.51. The standard InChI is InChI=1S/C25H32N4O3S2.ClH/c1-18-16-19(2)23-22(17-18)33-25(26-23)29(15-7-12-27(3)4)24(30)20-8-10-21(11-9-20)34(31,32)28-13-5-6-14-28;/h8-11,16-17H,5-7,12-15H2,1-4H3;1H. The fourth-order valence-corrected chi connectivity index (χ4v) is 6.99. The van der Waals surface area contributed by atoms with Crippen LogP contribution in [-0.2, 0) is 10.0 Å². The lowest BCUT2D eigenvalue weighted by Gasteiger charge is -2.21. The Morgan fingerprint density at radius 2 is 1.71 bits per heavy atom. The predicted molar refractivity (Wildman–Crippen MR) is 146 cm³/mol. The second-order valence-corrected chi connectivity index (χ2v) is 12.1. The van der Waals surface area contributed by atoms with Gasteiger partial charge in [0.1, 0.15) is 0 Å². The Morgan fingerprint density at radius 1 is 1.06 bits per heavy atom.